The van der Waals surface area contributed by atoms with Crippen molar-refractivity contribution in [1.29, 1.82) is 0 Å². The van der Waals surface area contributed by atoms with E-state index >= 15 is 0 Å². The highest BCUT2D eigenvalue weighted by molar-refractivity contribution is 6.28. The Balaban J connectivity index is 2.56. The summed E-state index contributed by atoms with van der Waals surface area (Å²) in [5.41, 5.74) is 0.620. The van der Waals surface area contributed by atoms with Crippen LogP contribution in [-0.4, -0.2) is 17.0 Å². The lowest BCUT2D eigenvalue weighted by Gasteiger charge is -2.08. The van der Waals surface area contributed by atoms with Gasteiger partial charge in [-0.05, 0) is 13.0 Å². The van der Waals surface area contributed by atoms with Crippen LogP contribution in [0.25, 0.3) is 0 Å². The summed E-state index contributed by atoms with van der Waals surface area (Å²) in [6, 6.07) is 1.60. The van der Waals surface area contributed by atoms with Gasteiger partial charge in [-0.25, -0.2) is 9.59 Å². The van der Waals surface area contributed by atoms with Gasteiger partial charge in [-0.15, -0.1) is 0 Å². The highest BCUT2D eigenvalue weighted by atomic mass is 16.6. The number of hydrogen-bond donors (Lipinski definition) is 1. The summed E-state index contributed by atoms with van der Waals surface area (Å²) < 4.78 is 9.30. The molecule has 1 N–H and O–H groups in total. The third-order valence-electron chi connectivity index (χ3n) is 1.47. The molecule has 0 saturated heterocycles. The largest absolute Gasteiger partial charge is 0.473 e. The van der Waals surface area contributed by atoms with E-state index in [1.54, 1.807) is 13.0 Å². The number of hydrogen-bond acceptors (Lipinski definition) is 4. The second-order valence-corrected chi connectivity index (χ2v) is 2.41. The minimum atomic E-state index is -1.60. The van der Waals surface area contributed by atoms with Crippen molar-refractivity contribution in [2.45, 2.75) is 13.0 Å². The van der Waals surface area contributed by atoms with Crippen LogP contribution in [0, 0.1) is 0 Å². The Kier molecular flexibility index (Phi) is 2.69. The molecule has 1 aromatic rings. The van der Waals surface area contributed by atoms with Crippen LogP contribution in [-0.2, 0) is 14.3 Å². The predicted molar refractivity (Wildman–Crippen MR) is 40.9 cm³/mol. The number of carbonyl (C=O) groups excluding carboxylic acids is 1. The zero-order valence-corrected chi connectivity index (χ0v) is 6.89. The third kappa shape index (κ3) is 2.33. The number of carboxylic acid groups (broad SMARTS) is 1. The van der Waals surface area contributed by atoms with E-state index in [4.69, 9.17) is 9.52 Å². The van der Waals surface area contributed by atoms with E-state index in [0.717, 1.165) is 0 Å². The normalized spacial score (nSPS) is 12.1. The highest BCUT2D eigenvalue weighted by Crippen LogP contribution is 2.16. The fourth-order valence-electron chi connectivity index (χ4n) is 0.785. The Morgan fingerprint density at radius 2 is 2.31 bits per heavy atom. The smallest absolute Gasteiger partial charge is 0.417 e. The number of furan rings is 1. The molecule has 70 valence electrons. The molecule has 5 nitrogen and oxygen atoms in total. The van der Waals surface area contributed by atoms with Gasteiger partial charge in [0.2, 0.25) is 0 Å². The molecule has 1 heterocycles. The second-order valence-electron chi connectivity index (χ2n) is 2.41. The summed E-state index contributed by atoms with van der Waals surface area (Å²) in [4.78, 5) is 20.7. The maximum absolute atomic E-state index is 10.6. The van der Waals surface area contributed by atoms with Crippen LogP contribution in [0.15, 0.2) is 23.0 Å². The first-order valence-electron chi connectivity index (χ1n) is 3.57. The first-order valence-corrected chi connectivity index (χ1v) is 3.57. The van der Waals surface area contributed by atoms with Gasteiger partial charge in [-0.1, -0.05) is 0 Å². The molecule has 13 heavy (non-hydrogen) atoms. The van der Waals surface area contributed by atoms with Gasteiger partial charge in [0.1, 0.15) is 6.10 Å². The second kappa shape index (κ2) is 3.75. The molecule has 0 aromatic carbocycles. The third-order valence-corrected chi connectivity index (χ3v) is 1.47. The van der Waals surface area contributed by atoms with Crippen LogP contribution in [0.2, 0.25) is 0 Å². The van der Waals surface area contributed by atoms with Crippen molar-refractivity contribution in [3.8, 4) is 0 Å². The fourth-order valence-corrected chi connectivity index (χ4v) is 0.785. The number of aliphatic carboxylic acids is 1. The molecule has 1 unspecified atom stereocenters. The average Bonchev–Trinajstić information content (AvgIpc) is 2.55. The lowest BCUT2D eigenvalue weighted by molar-refractivity contribution is -0.167. The molecule has 0 spiro atoms. The first-order chi connectivity index (χ1) is 6.11. The molecule has 0 aliphatic carbocycles. The van der Waals surface area contributed by atoms with Gasteiger partial charge in [0.15, 0.2) is 0 Å². The number of esters is 1. The lowest BCUT2D eigenvalue weighted by Crippen LogP contribution is -2.17. The van der Waals surface area contributed by atoms with Gasteiger partial charge in [0.25, 0.3) is 0 Å². The molecule has 0 aliphatic heterocycles. The fraction of sp³-hybridized carbons (Fsp3) is 0.250. The number of rotatable bonds is 2. The van der Waals surface area contributed by atoms with E-state index in [-0.39, 0.29) is 0 Å². The first kappa shape index (κ1) is 9.31. The van der Waals surface area contributed by atoms with E-state index in [1.807, 2.05) is 0 Å². The van der Waals surface area contributed by atoms with Crippen molar-refractivity contribution in [3.63, 3.8) is 0 Å². The summed E-state index contributed by atoms with van der Waals surface area (Å²) in [5.74, 6) is -2.87. The van der Waals surface area contributed by atoms with Crippen molar-refractivity contribution in [2.24, 2.45) is 0 Å². The van der Waals surface area contributed by atoms with Crippen LogP contribution in [0.3, 0.4) is 0 Å². The maximum Gasteiger partial charge on any atom is 0.417 e. The lowest BCUT2D eigenvalue weighted by atomic mass is 10.2. The summed E-state index contributed by atoms with van der Waals surface area (Å²) in [6.45, 7) is 1.56. The zero-order chi connectivity index (χ0) is 9.84. The Bertz CT molecular complexity index is 300. The Hall–Kier alpha value is -1.78. The molecule has 0 radical (unpaired) electrons. The van der Waals surface area contributed by atoms with Gasteiger partial charge >= 0.3 is 11.9 Å². The molecule has 1 rings (SSSR count). The van der Waals surface area contributed by atoms with Gasteiger partial charge in [-0.3, -0.25) is 0 Å². The molecule has 0 bridgehead atoms. The highest BCUT2D eigenvalue weighted by Gasteiger charge is 2.18. The van der Waals surface area contributed by atoms with E-state index in [2.05, 4.69) is 4.74 Å². The van der Waals surface area contributed by atoms with Crippen molar-refractivity contribution >= 4 is 11.9 Å². The topological polar surface area (TPSA) is 76.7 Å². The molecule has 1 aromatic heterocycles. The van der Waals surface area contributed by atoms with E-state index in [1.165, 1.54) is 12.5 Å². The minimum Gasteiger partial charge on any atom is -0.473 e. The molecule has 1 atom stereocenters. The SMILES string of the molecule is CC(OC(=O)C(=O)O)c1ccoc1. The summed E-state index contributed by atoms with van der Waals surface area (Å²) in [7, 11) is 0. The van der Waals surface area contributed by atoms with Gasteiger partial charge < -0.3 is 14.3 Å². The summed E-state index contributed by atoms with van der Waals surface area (Å²) in [5, 5.41) is 8.23. The van der Waals surface area contributed by atoms with Gasteiger partial charge in [0, 0.05) is 5.56 Å². The molecule has 0 aliphatic rings. The van der Waals surface area contributed by atoms with Crippen molar-refractivity contribution in [3.05, 3.63) is 24.2 Å². The Morgan fingerprint density at radius 3 is 2.77 bits per heavy atom. The number of ether oxygens (including phenoxy) is 1. The standard InChI is InChI=1S/C8H8O5/c1-5(6-2-3-12-4-6)13-8(11)7(9)10/h2-5H,1H3,(H,9,10). The van der Waals surface area contributed by atoms with Crippen LogP contribution in [0.5, 0.6) is 0 Å². The Morgan fingerprint density at radius 1 is 1.62 bits per heavy atom. The molecular weight excluding hydrogens is 176 g/mol. The van der Waals surface area contributed by atoms with E-state index in [0.29, 0.717) is 5.56 Å². The summed E-state index contributed by atoms with van der Waals surface area (Å²) in [6.07, 6.45) is 2.20. The monoisotopic (exact) mass is 184 g/mol. The molecular formula is C8H8O5. The number of carboxylic acids is 1. The minimum absolute atomic E-state index is 0.609. The summed E-state index contributed by atoms with van der Waals surface area (Å²) >= 11 is 0. The zero-order valence-electron chi connectivity index (χ0n) is 6.89. The predicted octanol–water partition coefficient (Wildman–Crippen LogP) is 0.968. The number of carbonyl (C=O) groups is 2. The van der Waals surface area contributed by atoms with Crippen molar-refractivity contribution < 1.29 is 23.8 Å². The average molecular weight is 184 g/mol. The van der Waals surface area contributed by atoms with E-state index < -0.39 is 18.0 Å². The van der Waals surface area contributed by atoms with E-state index in [9.17, 15) is 9.59 Å². The van der Waals surface area contributed by atoms with Crippen molar-refractivity contribution in [1.82, 2.24) is 0 Å². The van der Waals surface area contributed by atoms with Crippen molar-refractivity contribution in [2.75, 3.05) is 0 Å². The molecule has 0 fully saturated rings. The maximum atomic E-state index is 10.6. The van der Waals surface area contributed by atoms with Crippen LogP contribution < -0.4 is 0 Å². The molecule has 0 saturated carbocycles. The van der Waals surface area contributed by atoms with Gasteiger partial charge in [0.05, 0.1) is 12.5 Å². The van der Waals surface area contributed by atoms with Gasteiger partial charge in [-0.2, -0.15) is 0 Å². The van der Waals surface area contributed by atoms with Crippen LogP contribution in [0.4, 0.5) is 0 Å². The molecule has 0 amide bonds. The Labute approximate surface area is 73.9 Å². The molecule has 5 heteroatoms. The van der Waals surface area contributed by atoms with Crippen LogP contribution in [0.1, 0.15) is 18.6 Å². The quantitative estimate of drug-likeness (QED) is 0.547. The van der Waals surface area contributed by atoms with Crippen LogP contribution >= 0.6 is 0 Å².